The second-order valence-corrected chi connectivity index (χ2v) is 5.76. The number of amides is 1. The summed E-state index contributed by atoms with van der Waals surface area (Å²) >= 11 is 0. The Bertz CT molecular complexity index is 836. The van der Waals surface area contributed by atoms with Crippen molar-refractivity contribution in [1.82, 2.24) is 25.3 Å². The number of halogens is 1. The summed E-state index contributed by atoms with van der Waals surface area (Å²) in [5, 5.41) is 15.4. The van der Waals surface area contributed by atoms with Crippen molar-refractivity contribution in [2.45, 2.75) is 18.9 Å². The van der Waals surface area contributed by atoms with Crippen molar-refractivity contribution in [3.05, 3.63) is 42.4 Å². The number of anilines is 1. The molecule has 8 heteroatoms. The van der Waals surface area contributed by atoms with Crippen LogP contribution in [0.15, 0.2) is 36.7 Å². The van der Waals surface area contributed by atoms with Crippen LogP contribution in [-0.4, -0.2) is 39.0 Å². The Morgan fingerprint density at radius 3 is 2.92 bits per heavy atom. The van der Waals surface area contributed by atoms with Gasteiger partial charge < -0.3 is 15.6 Å². The number of hydrogen-bond donors (Lipinski definition) is 3. The summed E-state index contributed by atoms with van der Waals surface area (Å²) in [7, 11) is 0. The van der Waals surface area contributed by atoms with Crippen LogP contribution >= 0.6 is 12.4 Å². The summed E-state index contributed by atoms with van der Waals surface area (Å²) < 4.78 is 1.81. The molecule has 1 saturated heterocycles. The molecule has 0 unspecified atom stereocenters. The van der Waals surface area contributed by atoms with Gasteiger partial charge in [0.1, 0.15) is 0 Å². The highest BCUT2D eigenvalue weighted by Crippen LogP contribution is 2.23. The number of benzene rings is 1. The second-order valence-electron chi connectivity index (χ2n) is 5.76. The summed E-state index contributed by atoms with van der Waals surface area (Å²) in [6, 6.07) is 8.01. The second kappa shape index (κ2) is 7.02. The molecular formula is C16H19ClN6O. The van der Waals surface area contributed by atoms with Crippen LogP contribution in [0.3, 0.4) is 0 Å². The Hall–Kier alpha value is -2.38. The van der Waals surface area contributed by atoms with E-state index in [1.165, 1.54) is 0 Å². The molecule has 0 aliphatic carbocycles. The number of aromatic amines is 1. The third-order valence-corrected chi connectivity index (χ3v) is 4.27. The minimum atomic E-state index is -0.237. The Morgan fingerprint density at radius 1 is 1.25 bits per heavy atom. The third-order valence-electron chi connectivity index (χ3n) is 4.27. The van der Waals surface area contributed by atoms with Crippen molar-refractivity contribution in [3.8, 4) is 0 Å². The summed E-state index contributed by atoms with van der Waals surface area (Å²) in [6.45, 7) is 1.95. The zero-order valence-corrected chi connectivity index (χ0v) is 13.8. The normalized spacial score (nSPS) is 15.2. The fourth-order valence-corrected chi connectivity index (χ4v) is 3.01. The van der Waals surface area contributed by atoms with Gasteiger partial charge in [-0.05, 0) is 44.1 Å². The van der Waals surface area contributed by atoms with Crippen molar-refractivity contribution >= 4 is 34.9 Å². The van der Waals surface area contributed by atoms with Gasteiger partial charge in [0.15, 0.2) is 5.69 Å². The molecule has 1 aromatic carbocycles. The van der Waals surface area contributed by atoms with E-state index < -0.39 is 0 Å². The van der Waals surface area contributed by atoms with Crippen LogP contribution in [-0.2, 0) is 0 Å². The molecule has 3 heterocycles. The number of carbonyl (C=O) groups excluding carboxylic acids is 1. The maximum Gasteiger partial charge on any atom is 0.277 e. The molecule has 24 heavy (non-hydrogen) atoms. The first-order chi connectivity index (χ1) is 11.3. The van der Waals surface area contributed by atoms with Gasteiger partial charge in [0.25, 0.3) is 5.91 Å². The van der Waals surface area contributed by atoms with Crippen LogP contribution in [0.2, 0.25) is 0 Å². The summed E-state index contributed by atoms with van der Waals surface area (Å²) in [5.41, 5.74) is 2.10. The van der Waals surface area contributed by atoms with Crippen molar-refractivity contribution in [3.63, 3.8) is 0 Å². The first-order valence-corrected chi connectivity index (χ1v) is 7.81. The number of nitrogens with one attached hydrogen (secondary N) is 3. The zero-order chi connectivity index (χ0) is 15.6. The van der Waals surface area contributed by atoms with Gasteiger partial charge in [-0.3, -0.25) is 4.79 Å². The molecule has 3 aromatic rings. The van der Waals surface area contributed by atoms with E-state index in [4.69, 9.17) is 0 Å². The van der Waals surface area contributed by atoms with Gasteiger partial charge in [0, 0.05) is 17.1 Å². The van der Waals surface area contributed by atoms with E-state index >= 15 is 0 Å². The van der Waals surface area contributed by atoms with Crippen LogP contribution in [0.1, 0.15) is 29.4 Å². The van der Waals surface area contributed by atoms with Crippen molar-refractivity contribution in [1.29, 1.82) is 0 Å². The molecule has 0 spiro atoms. The first kappa shape index (κ1) is 16.5. The third kappa shape index (κ3) is 3.13. The number of piperidine rings is 1. The smallest absolute Gasteiger partial charge is 0.277 e. The highest BCUT2D eigenvalue weighted by Gasteiger charge is 2.19. The van der Waals surface area contributed by atoms with E-state index in [1.54, 1.807) is 6.20 Å². The van der Waals surface area contributed by atoms with Gasteiger partial charge in [-0.1, -0.05) is 11.3 Å². The standard InChI is InChI=1S/C16H18N6O.ClH/c23-16(19-14-3-1-2-13-12(14)6-9-18-13)15-10-22(21-20-15)11-4-7-17-8-5-11;/h1-3,6,9-11,17-18H,4-5,7-8H2,(H,19,23);1H. The van der Waals surface area contributed by atoms with Crippen LogP contribution in [0, 0.1) is 0 Å². The van der Waals surface area contributed by atoms with E-state index in [0.29, 0.717) is 11.7 Å². The molecular weight excluding hydrogens is 328 g/mol. The molecule has 0 bridgehead atoms. The van der Waals surface area contributed by atoms with E-state index in [9.17, 15) is 4.79 Å². The number of carbonyl (C=O) groups is 1. The summed E-state index contributed by atoms with van der Waals surface area (Å²) in [5.74, 6) is -0.237. The number of aromatic nitrogens is 4. The predicted octanol–water partition coefficient (Wildman–Crippen LogP) is 2.36. The highest BCUT2D eigenvalue weighted by molar-refractivity contribution is 6.07. The minimum Gasteiger partial charge on any atom is -0.361 e. The molecule has 1 fully saturated rings. The van der Waals surface area contributed by atoms with Gasteiger partial charge >= 0.3 is 0 Å². The molecule has 0 radical (unpaired) electrons. The Morgan fingerprint density at radius 2 is 2.08 bits per heavy atom. The minimum absolute atomic E-state index is 0. The quantitative estimate of drug-likeness (QED) is 0.679. The molecule has 0 saturated carbocycles. The number of H-pyrrole nitrogens is 1. The predicted molar refractivity (Wildman–Crippen MR) is 94.7 cm³/mol. The van der Waals surface area contributed by atoms with Crippen molar-refractivity contribution in [2.24, 2.45) is 0 Å². The number of rotatable bonds is 3. The van der Waals surface area contributed by atoms with Gasteiger partial charge in [-0.15, -0.1) is 17.5 Å². The van der Waals surface area contributed by atoms with Gasteiger partial charge in [0.2, 0.25) is 0 Å². The molecule has 4 rings (SSSR count). The maximum absolute atomic E-state index is 12.4. The summed E-state index contributed by atoms with van der Waals surface area (Å²) in [4.78, 5) is 15.6. The Balaban J connectivity index is 0.00000169. The number of hydrogen-bond acceptors (Lipinski definition) is 4. The van der Waals surface area contributed by atoms with Crippen LogP contribution in [0.5, 0.6) is 0 Å². The van der Waals surface area contributed by atoms with Crippen LogP contribution in [0.4, 0.5) is 5.69 Å². The molecule has 2 aromatic heterocycles. The maximum atomic E-state index is 12.4. The Labute approximate surface area is 145 Å². The number of nitrogens with zero attached hydrogens (tertiary/aromatic N) is 3. The number of fused-ring (bicyclic) bond motifs is 1. The van der Waals surface area contributed by atoms with Crippen molar-refractivity contribution in [2.75, 3.05) is 18.4 Å². The molecule has 3 N–H and O–H groups in total. The molecule has 0 atom stereocenters. The topological polar surface area (TPSA) is 87.6 Å². The lowest BCUT2D eigenvalue weighted by atomic mass is 10.1. The van der Waals surface area contributed by atoms with Gasteiger partial charge in [-0.25, -0.2) is 4.68 Å². The van der Waals surface area contributed by atoms with E-state index in [0.717, 1.165) is 42.5 Å². The Kier molecular flexibility index (Phi) is 4.82. The van der Waals surface area contributed by atoms with E-state index in [-0.39, 0.29) is 18.3 Å². The lowest BCUT2D eigenvalue weighted by Gasteiger charge is -2.22. The monoisotopic (exact) mass is 346 g/mol. The SMILES string of the molecule is Cl.O=C(Nc1cccc2[nH]ccc12)c1cn(C2CCNCC2)nn1. The molecule has 7 nitrogen and oxygen atoms in total. The largest absolute Gasteiger partial charge is 0.361 e. The van der Waals surface area contributed by atoms with Gasteiger partial charge in [-0.2, -0.15) is 0 Å². The molecule has 1 aliphatic heterocycles. The first-order valence-electron chi connectivity index (χ1n) is 7.81. The lowest BCUT2D eigenvalue weighted by molar-refractivity contribution is 0.102. The zero-order valence-electron chi connectivity index (χ0n) is 13.0. The molecule has 126 valence electrons. The van der Waals surface area contributed by atoms with E-state index in [2.05, 4.69) is 25.9 Å². The molecule has 1 amide bonds. The fourth-order valence-electron chi connectivity index (χ4n) is 3.01. The van der Waals surface area contributed by atoms with E-state index in [1.807, 2.05) is 35.1 Å². The fraction of sp³-hybridized carbons (Fsp3) is 0.312. The van der Waals surface area contributed by atoms with Crippen LogP contribution < -0.4 is 10.6 Å². The lowest BCUT2D eigenvalue weighted by Crippen LogP contribution is -2.29. The summed E-state index contributed by atoms with van der Waals surface area (Å²) in [6.07, 6.45) is 5.61. The molecule has 1 aliphatic rings. The highest BCUT2D eigenvalue weighted by atomic mass is 35.5. The average molecular weight is 347 g/mol. The van der Waals surface area contributed by atoms with Crippen molar-refractivity contribution < 1.29 is 4.79 Å². The average Bonchev–Trinajstić information content (AvgIpc) is 3.25. The van der Waals surface area contributed by atoms with Crippen LogP contribution in [0.25, 0.3) is 10.9 Å². The van der Waals surface area contributed by atoms with Gasteiger partial charge in [0.05, 0.1) is 17.9 Å².